The van der Waals surface area contributed by atoms with Crippen molar-refractivity contribution in [2.45, 2.75) is 33.6 Å². The Bertz CT molecular complexity index is 408. The predicted octanol–water partition coefficient (Wildman–Crippen LogP) is 3.57. The largest absolute Gasteiger partial charge is 0.343 e. The Morgan fingerprint density at radius 1 is 1.33 bits per heavy atom. The van der Waals surface area contributed by atoms with Crippen molar-refractivity contribution >= 4 is 5.91 Å². The highest BCUT2D eigenvalue weighted by molar-refractivity contribution is 5.80. The average Bonchev–Trinajstić information content (AvgIpc) is 2.97. The van der Waals surface area contributed by atoms with Gasteiger partial charge >= 0.3 is 0 Å². The first-order valence-electron chi connectivity index (χ1n) is 7.02. The van der Waals surface area contributed by atoms with Crippen LogP contribution in [0.4, 0.5) is 0 Å². The zero-order valence-electron chi connectivity index (χ0n) is 11.6. The minimum absolute atomic E-state index is 0.290. The van der Waals surface area contributed by atoms with Crippen LogP contribution in [-0.2, 0) is 4.79 Å². The summed E-state index contributed by atoms with van der Waals surface area (Å²) in [6.07, 6.45) is 2.27. The van der Waals surface area contributed by atoms with E-state index in [0.717, 1.165) is 19.5 Å². The molecule has 0 aromatic carbocycles. The van der Waals surface area contributed by atoms with Gasteiger partial charge in [-0.2, -0.15) is 0 Å². The predicted molar refractivity (Wildman–Crippen MR) is 75.3 cm³/mol. The van der Waals surface area contributed by atoms with Crippen molar-refractivity contribution in [3.63, 3.8) is 0 Å². The zero-order valence-corrected chi connectivity index (χ0v) is 11.6. The molecule has 3 rings (SSSR count). The summed E-state index contributed by atoms with van der Waals surface area (Å²) in [6.45, 7) is 8.19. The molecule has 2 aliphatic carbocycles. The Morgan fingerprint density at radius 2 is 2.00 bits per heavy atom. The van der Waals surface area contributed by atoms with E-state index in [-0.39, 0.29) is 0 Å². The first kappa shape index (κ1) is 13.1. The topological polar surface area (TPSA) is 20.3 Å². The number of piperidine rings is 1. The second-order valence-electron chi connectivity index (χ2n) is 5.49. The fourth-order valence-electron chi connectivity index (χ4n) is 2.58. The molecule has 1 heterocycles. The maximum atomic E-state index is 11.7. The van der Waals surface area contributed by atoms with Crippen LogP contribution >= 0.6 is 0 Å². The van der Waals surface area contributed by atoms with Gasteiger partial charge in [0.25, 0.3) is 0 Å². The lowest BCUT2D eigenvalue weighted by Gasteiger charge is -2.33. The van der Waals surface area contributed by atoms with Crippen molar-refractivity contribution in [2.75, 3.05) is 13.1 Å². The van der Waals surface area contributed by atoms with E-state index >= 15 is 0 Å². The van der Waals surface area contributed by atoms with Gasteiger partial charge in [0.05, 0.1) is 0 Å². The summed E-state index contributed by atoms with van der Waals surface area (Å²) in [7, 11) is 0. The molecule has 1 amide bonds. The van der Waals surface area contributed by atoms with Crippen LogP contribution in [0.15, 0.2) is 24.3 Å². The Kier molecular flexibility index (Phi) is 4.05. The Morgan fingerprint density at radius 3 is 2.39 bits per heavy atom. The monoisotopic (exact) mass is 245 g/mol. The Labute approximate surface area is 110 Å². The van der Waals surface area contributed by atoms with E-state index in [2.05, 4.69) is 45.0 Å². The molecule has 1 saturated heterocycles. The molecule has 18 heavy (non-hydrogen) atoms. The van der Waals surface area contributed by atoms with E-state index in [4.69, 9.17) is 0 Å². The third-order valence-corrected chi connectivity index (χ3v) is 3.87. The molecule has 2 heteroatoms. The standard InChI is InChI=1S/C10H19NO.C6H4/c1-4-11-7-5-6-9(8(2)3)10(11)12;1-2-5-4-6(5)3-1/h8-9H,4-7H2,1-3H3;1-4H. The smallest absolute Gasteiger partial charge is 0.225 e. The summed E-state index contributed by atoms with van der Waals surface area (Å²) in [5, 5.41) is 0. The molecule has 0 N–H and O–H groups in total. The number of nitrogens with zero attached hydrogens (tertiary/aromatic N) is 1. The van der Waals surface area contributed by atoms with Crippen molar-refractivity contribution in [3.8, 4) is 11.1 Å². The summed E-state index contributed by atoms with van der Waals surface area (Å²) in [5.41, 5.74) is 2.85. The third kappa shape index (κ3) is 2.92. The van der Waals surface area contributed by atoms with Gasteiger partial charge in [0.2, 0.25) is 5.91 Å². The Balaban J connectivity index is 0.000000164. The summed E-state index contributed by atoms with van der Waals surface area (Å²) in [6, 6.07) is 8.48. The van der Waals surface area contributed by atoms with Crippen LogP contribution in [0.3, 0.4) is 0 Å². The number of hydrogen-bond acceptors (Lipinski definition) is 1. The van der Waals surface area contributed by atoms with Crippen LogP contribution in [0.25, 0.3) is 11.1 Å². The van der Waals surface area contributed by atoms with Crippen molar-refractivity contribution in [1.82, 2.24) is 4.90 Å². The molecule has 98 valence electrons. The highest BCUT2D eigenvalue weighted by Gasteiger charge is 2.29. The van der Waals surface area contributed by atoms with Gasteiger partial charge < -0.3 is 4.90 Å². The summed E-state index contributed by atoms with van der Waals surface area (Å²) in [4.78, 5) is 13.7. The van der Waals surface area contributed by atoms with Gasteiger partial charge in [-0.05, 0) is 42.9 Å². The van der Waals surface area contributed by atoms with E-state index in [1.165, 1.54) is 17.5 Å². The first-order valence-corrected chi connectivity index (χ1v) is 7.02. The lowest BCUT2D eigenvalue weighted by atomic mass is 9.87. The van der Waals surface area contributed by atoms with Crippen LogP contribution in [0.2, 0.25) is 0 Å². The second-order valence-corrected chi connectivity index (χ2v) is 5.49. The maximum Gasteiger partial charge on any atom is 0.225 e. The highest BCUT2D eigenvalue weighted by atomic mass is 16.2. The van der Waals surface area contributed by atoms with Crippen molar-refractivity contribution in [3.05, 3.63) is 24.3 Å². The van der Waals surface area contributed by atoms with E-state index in [0.29, 0.717) is 17.7 Å². The number of hydrogen-bond donors (Lipinski definition) is 0. The highest BCUT2D eigenvalue weighted by Crippen LogP contribution is 2.32. The van der Waals surface area contributed by atoms with Crippen LogP contribution in [0.5, 0.6) is 0 Å². The van der Waals surface area contributed by atoms with Gasteiger partial charge in [-0.1, -0.05) is 32.0 Å². The fourth-order valence-corrected chi connectivity index (χ4v) is 2.58. The Hall–Kier alpha value is -1.31. The normalized spacial score (nSPS) is 20.6. The number of fused-ring (bicyclic) bond motifs is 1. The van der Waals surface area contributed by atoms with E-state index < -0.39 is 0 Å². The molecule has 1 atom stereocenters. The molecule has 0 spiro atoms. The van der Waals surface area contributed by atoms with E-state index in [1.54, 1.807) is 0 Å². The zero-order chi connectivity index (χ0) is 13.1. The molecule has 1 aliphatic heterocycles. The number of likely N-dealkylation sites (tertiary alicyclic amines) is 1. The van der Waals surface area contributed by atoms with E-state index in [9.17, 15) is 4.79 Å². The molecule has 0 aromatic heterocycles. The van der Waals surface area contributed by atoms with Gasteiger partial charge in [0.1, 0.15) is 0 Å². The molecule has 1 fully saturated rings. The van der Waals surface area contributed by atoms with Gasteiger partial charge in [-0.25, -0.2) is 0 Å². The van der Waals surface area contributed by atoms with Gasteiger partial charge in [0.15, 0.2) is 0 Å². The lowest BCUT2D eigenvalue weighted by molar-refractivity contribution is -0.139. The second kappa shape index (κ2) is 5.55. The molecule has 1 unspecified atom stereocenters. The van der Waals surface area contributed by atoms with Crippen LogP contribution in [0.1, 0.15) is 33.6 Å². The van der Waals surface area contributed by atoms with E-state index in [1.807, 2.05) is 4.90 Å². The molecule has 3 aliphatic rings. The summed E-state index contributed by atoms with van der Waals surface area (Å²) < 4.78 is 0. The summed E-state index contributed by atoms with van der Waals surface area (Å²) in [5.74, 6) is 1.17. The average molecular weight is 245 g/mol. The van der Waals surface area contributed by atoms with Crippen molar-refractivity contribution in [2.24, 2.45) is 11.8 Å². The quantitative estimate of drug-likeness (QED) is 0.792. The molecular weight excluding hydrogens is 222 g/mol. The molecule has 0 radical (unpaired) electrons. The first-order chi connectivity index (χ1) is 8.63. The van der Waals surface area contributed by atoms with Gasteiger partial charge in [0, 0.05) is 19.0 Å². The number of benzene rings is 1. The molecule has 0 saturated carbocycles. The van der Waals surface area contributed by atoms with Crippen LogP contribution < -0.4 is 0 Å². The molecule has 0 bridgehead atoms. The number of rotatable bonds is 2. The molecular formula is C16H23NO. The van der Waals surface area contributed by atoms with Crippen LogP contribution in [0, 0.1) is 11.8 Å². The SMILES string of the molecule is CCN1CCCC(C(C)C)C1=O.c1cc2cc-2c1. The van der Waals surface area contributed by atoms with Crippen LogP contribution in [-0.4, -0.2) is 23.9 Å². The van der Waals surface area contributed by atoms with Crippen molar-refractivity contribution < 1.29 is 4.79 Å². The summed E-state index contributed by atoms with van der Waals surface area (Å²) >= 11 is 0. The minimum atomic E-state index is 0.290. The maximum absolute atomic E-state index is 11.7. The minimum Gasteiger partial charge on any atom is -0.343 e. The fraction of sp³-hybridized carbons (Fsp3) is 0.562. The number of carbonyl (C=O) groups is 1. The van der Waals surface area contributed by atoms with Gasteiger partial charge in [-0.15, -0.1) is 0 Å². The van der Waals surface area contributed by atoms with Gasteiger partial charge in [-0.3, -0.25) is 4.79 Å². The lowest BCUT2D eigenvalue weighted by Crippen LogP contribution is -2.42. The number of amides is 1. The third-order valence-electron chi connectivity index (χ3n) is 3.87. The molecule has 0 aromatic rings. The number of carbonyl (C=O) groups excluding carboxylic acids is 1. The van der Waals surface area contributed by atoms with Crippen molar-refractivity contribution in [1.29, 1.82) is 0 Å². The molecule has 2 nitrogen and oxygen atoms in total.